The number of carbonyl (C=O) groups is 2. The quantitative estimate of drug-likeness (QED) is 0.571. The molecular weight excluding hydrogens is 406 g/mol. The van der Waals surface area contributed by atoms with Gasteiger partial charge in [-0.15, -0.1) is 11.3 Å². The SMILES string of the molecule is O=C1C(Nc2ccc(N3CCCCC3)cc2)=C(c2cccs2)C(=O)N1c1ccccc1. The number of para-hydroxylation sites is 1. The van der Waals surface area contributed by atoms with Gasteiger partial charge in [-0.25, -0.2) is 4.90 Å². The Morgan fingerprint density at radius 2 is 1.48 bits per heavy atom. The van der Waals surface area contributed by atoms with Crippen molar-refractivity contribution in [3.05, 3.63) is 82.7 Å². The zero-order valence-electron chi connectivity index (χ0n) is 17.1. The molecule has 156 valence electrons. The van der Waals surface area contributed by atoms with Gasteiger partial charge in [0.2, 0.25) is 0 Å². The van der Waals surface area contributed by atoms with E-state index in [1.54, 1.807) is 12.1 Å². The third kappa shape index (κ3) is 3.75. The van der Waals surface area contributed by atoms with Crippen molar-refractivity contribution in [2.75, 3.05) is 28.2 Å². The second-order valence-electron chi connectivity index (χ2n) is 7.73. The van der Waals surface area contributed by atoms with Crippen molar-refractivity contribution in [1.29, 1.82) is 0 Å². The molecule has 5 rings (SSSR count). The van der Waals surface area contributed by atoms with Crippen molar-refractivity contribution in [2.24, 2.45) is 0 Å². The smallest absolute Gasteiger partial charge is 0.282 e. The number of thiophene rings is 1. The molecule has 0 atom stereocenters. The van der Waals surface area contributed by atoms with Crippen molar-refractivity contribution < 1.29 is 9.59 Å². The highest BCUT2D eigenvalue weighted by molar-refractivity contribution is 7.11. The Balaban J connectivity index is 1.46. The highest BCUT2D eigenvalue weighted by atomic mass is 32.1. The molecule has 1 saturated heterocycles. The van der Waals surface area contributed by atoms with Gasteiger partial charge in [-0.3, -0.25) is 9.59 Å². The Hall–Kier alpha value is -3.38. The maximum atomic E-state index is 13.3. The lowest BCUT2D eigenvalue weighted by molar-refractivity contribution is -0.120. The second-order valence-corrected chi connectivity index (χ2v) is 8.68. The molecular formula is C25H23N3O2S. The molecule has 0 spiro atoms. The van der Waals surface area contributed by atoms with E-state index in [2.05, 4.69) is 22.3 Å². The van der Waals surface area contributed by atoms with Gasteiger partial charge in [0.15, 0.2) is 0 Å². The standard InChI is InChI=1S/C25H23N3O2S/c29-24-22(21-10-7-17-31-21)23(25(30)28(24)20-8-3-1-4-9-20)26-18-11-13-19(14-12-18)27-15-5-2-6-16-27/h1,3-4,7-14,17,26H,2,5-6,15-16H2. The zero-order valence-corrected chi connectivity index (χ0v) is 17.9. The Kier molecular flexibility index (Phi) is 5.30. The lowest BCUT2D eigenvalue weighted by Gasteiger charge is -2.28. The molecule has 0 aliphatic carbocycles. The van der Waals surface area contributed by atoms with Crippen LogP contribution in [0.4, 0.5) is 17.1 Å². The molecule has 1 N–H and O–H groups in total. The minimum absolute atomic E-state index is 0.300. The maximum Gasteiger partial charge on any atom is 0.282 e. The van der Waals surface area contributed by atoms with Gasteiger partial charge in [-0.05, 0) is 67.1 Å². The van der Waals surface area contributed by atoms with Crippen LogP contribution >= 0.6 is 11.3 Å². The summed E-state index contributed by atoms with van der Waals surface area (Å²) in [4.78, 5) is 31.0. The van der Waals surface area contributed by atoms with Crippen LogP contribution in [0.15, 0.2) is 77.8 Å². The summed E-state index contributed by atoms with van der Waals surface area (Å²) in [6.07, 6.45) is 3.75. The zero-order chi connectivity index (χ0) is 21.2. The van der Waals surface area contributed by atoms with Crippen LogP contribution in [0.3, 0.4) is 0 Å². The molecule has 6 heteroatoms. The van der Waals surface area contributed by atoms with Gasteiger partial charge in [0, 0.05) is 29.3 Å². The minimum Gasteiger partial charge on any atom is -0.372 e. The number of imide groups is 1. The molecule has 0 saturated carbocycles. The highest BCUT2D eigenvalue weighted by Gasteiger charge is 2.40. The number of rotatable bonds is 5. The summed E-state index contributed by atoms with van der Waals surface area (Å²) in [6, 6.07) is 20.9. The van der Waals surface area contributed by atoms with Crippen LogP contribution in [0.2, 0.25) is 0 Å². The number of benzene rings is 2. The molecule has 3 aromatic rings. The van der Waals surface area contributed by atoms with Crippen molar-refractivity contribution in [3.8, 4) is 0 Å². The van der Waals surface area contributed by atoms with E-state index < -0.39 is 0 Å². The summed E-state index contributed by atoms with van der Waals surface area (Å²) < 4.78 is 0. The molecule has 0 bridgehead atoms. The molecule has 1 aromatic heterocycles. The summed E-state index contributed by atoms with van der Waals surface area (Å²) >= 11 is 1.45. The fraction of sp³-hybridized carbons (Fsp3) is 0.200. The molecule has 2 aliphatic rings. The van der Waals surface area contributed by atoms with Gasteiger partial charge >= 0.3 is 0 Å². The predicted octanol–water partition coefficient (Wildman–Crippen LogP) is 5.14. The average molecular weight is 430 g/mol. The van der Waals surface area contributed by atoms with Gasteiger partial charge in [-0.1, -0.05) is 24.3 Å². The summed E-state index contributed by atoms with van der Waals surface area (Å²) in [5, 5.41) is 5.16. The summed E-state index contributed by atoms with van der Waals surface area (Å²) in [5.74, 6) is -0.634. The first-order valence-electron chi connectivity index (χ1n) is 10.6. The van der Waals surface area contributed by atoms with Crippen LogP contribution in [-0.4, -0.2) is 24.9 Å². The fourth-order valence-electron chi connectivity index (χ4n) is 4.16. The van der Waals surface area contributed by atoms with Crippen molar-refractivity contribution in [1.82, 2.24) is 0 Å². The molecule has 1 fully saturated rings. The number of piperidine rings is 1. The molecule has 2 aromatic carbocycles. The van der Waals surface area contributed by atoms with Gasteiger partial charge in [0.1, 0.15) is 5.70 Å². The molecule has 0 radical (unpaired) electrons. The lowest BCUT2D eigenvalue weighted by atomic mass is 10.1. The van der Waals surface area contributed by atoms with Crippen LogP contribution in [0.5, 0.6) is 0 Å². The average Bonchev–Trinajstić information content (AvgIpc) is 3.42. The van der Waals surface area contributed by atoms with E-state index in [1.807, 2.05) is 47.8 Å². The van der Waals surface area contributed by atoms with Crippen LogP contribution in [0.1, 0.15) is 24.1 Å². The Labute approximate surface area is 185 Å². The van der Waals surface area contributed by atoms with Gasteiger partial charge in [-0.2, -0.15) is 0 Å². The van der Waals surface area contributed by atoms with Gasteiger partial charge < -0.3 is 10.2 Å². The lowest BCUT2D eigenvalue weighted by Crippen LogP contribution is -2.32. The van der Waals surface area contributed by atoms with Crippen molar-refractivity contribution >= 4 is 45.8 Å². The number of amides is 2. The van der Waals surface area contributed by atoms with E-state index in [-0.39, 0.29) is 11.8 Å². The molecule has 2 amide bonds. The fourth-order valence-corrected chi connectivity index (χ4v) is 4.93. The maximum absolute atomic E-state index is 13.3. The topological polar surface area (TPSA) is 52.7 Å². The van der Waals surface area contributed by atoms with Crippen molar-refractivity contribution in [2.45, 2.75) is 19.3 Å². The Bertz CT molecular complexity index is 1120. The first kappa shape index (κ1) is 19.6. The van der Waals surface area contributed by atoms with Crippen LogP contribution < -0.4 is 15.1 Å². The van der Waals surface area contributed by atoms with Crippen LogP contribution in [0, 0.1) is 0 Å². The Morgan fingerprint density at radius 1 is 0.742 bits per heavy atom. The number of nitrogens with zero attached hydrogens (tertiary/aromatic N) is 2. The summed E-state index contributed by atoms with van der Waals surface area (Å²) in [7, 11) is 0. The predicted molar refractivity (Wildman–Crippen MR) is 126 cm³/mol. The van der Waals surface area contributed by atoms with E-state index in [9.17, 15) is 9.59 Å². The summed E-state index contributed by atoms with van der Waals surface area (Å²) in [5.41, 5.74) is 3.30. The van der Waals surface area contributed by atoms with E-state index in [1.165, 1.54) is 41.2 Å². The van der Waals surface area contributed by atoms with E-state index in [0.717, 1.165) is 23.7 Å². The number of hydrogen-bond acceptors (Lipinski definition) is 5. The number of anilines is 3. The monoisotopic (exact) mass is 429 g/mol. The van der Waals surface area contributed by atoms with Gasteiger partial charge in [0.05, 0.1) is 11.3 Å². The van der Waals surface area contributed by atoms with Crippen LogP contribution in [-0.2, 0) is 9.59 Å². The van der Waals surface area contributed by atoms with Crippen molar-refractivity contribution in [3.63, 3.8) is 0 Å². The Morgan fingerprint density at radius 3 is 2.16 bits per heavy atom. The molecule has 5 nitrogen and oxygen atoms in total. The normalized spacial score (nSPS) is 16.9. The largest absolute Gasteiger partial charge is 0.372 e. The van der Waals surface area contributed by atoms with Crippen LogP contribution in [0.25, 0.3) is 5.57 Å². The molecule has 31 heavy (non-hydrogen) atoms. The first-order chi connectivity index (χ1) is 15.2. The molecule has 2 aliphatic heterocycles. The van der Waals surface area contributed by atoms with E-state index in [0.29, 0.717) is 17.0 Å². The molecule has 0 unspecified atom stereocenters. The highest BCUT2D eigenvalue weighted by Crippen LogP contribution is 2.35. The van der Waals surface area contributed by atoms with E-state index in [4.69, 9.17) is 0 Å². The van der Waals surface area contributed by atoms with Gasteiger partial charge in [0.25, 0.3) is 11.8 Å². The number of hydrogen-bond donors (Lipinski definition) is 1. The third-order valence-corrected chi connectivity index (χ3v) is 6.61. The summed E-state index contributed by atoms with van der Waals surface area (Å²) in [6.45, 7) is 2.17. The number of carbonyl (C=O) groups excluding carboxylic acids is 2. The third-order valence-electron chi connectivity index (χ3n) is 5.72. The minimum atomic E-state index is -0.334. The first-order valence-corrected chi connectivity index (χ1v) is 11.4. The molecule has 3 heterocycles. The van der Waals surface area contributed by atoms with E-state index >= 15 is 0 Å². The number of nitrogens with one attached hydrogen (secondary N) is 1. The second kappa shape index (κ2) is 8.40.